The van der Waals surface area contributed by atoms with Gasteiger partial charge in [-0.15, -0.1) is 0 Å². The zero-order valence-electron chi connectivity index (χ0n) is 9.18. The van der Waals surface area contributed by atoms with Crippen LogP contribution in [0.1, 0.15) is 39.0 Å². The van der Waals surface area contributed by atoms with E-state index >= 15 is 0 Å². The third-order valence-electron chi connectivity index (χ3n) is 2.77. The van der Waals surface area contributed by atoms with Crippen LogP contribution in [0, 0.1) is 0 Å². The number of aldehydes is 1. The fourth-order valence-corrected chi connectivity index (χ4v) is 3.72. The van der Waals surface area contributed by atoms with Gasteiger partial charge in [-0.25, -0.2) is 8.42 Å². The number of nitrogens with zero attached hydrogens (tertiary/aromatic N) is 1. The lowest BCUT2D eigenvalue weighted by molar-refractivity contribution is -0.111. The van der Waals surface area contributed by atoms with E-state index in [1.54, 1.807) is 0 Å². The second-order valence-corrected chi connectivity index (χ2v) is 6.02. The van der Waals surface area contributed by atoms with Crippen molar-refractivity contribution >= 4 is 16.3 Å². The topological polar surface area (TPSA) is 54.5 Å². The Balaban J connectivity index is 2.70. The summed E-state index contributed by atoms with van der Waals surface area (Å²) in [6, 6.07) is -0.416. The van der Waals surface area contributed by atoms with Crippen LogP contribution >= 0.6 is 0 Å². The third-order valence-corrected chi connectivity index (χ3v) is 4.74. The van der Waals surface area contributed by atoms with Gasteiger partial charge >= 0.3 is 0 Å². The average molecular weight is 233 g/mol. The van der Waals surface area contributed by atoms with Crippen molar-refractivity contribution in [3.05, 3.63) is 0 Å². The van der Waals surface area contributed by atoms with Crippen molar-refractivity contribution < 1.29 is 13.2 Å². The predicted octanol–water partition coefficient (Wildman–Crippen LogP) is 1.17. The lowest BCUT2D eigenvalue weighted by Crippen LogP contribution is -2.45. The fourth-order valence-electron chi connectivity index (χ4n) is 1.86. The first kappa shape index (κ1) is 12.6. The first-order valence-corrected chi connectivity index (χ1v) is 7.17. The Bertz CT molecular complexity index is 300. The van der Waals surface area contributed by atoms with Crippen LogP contribution in [-0.2, 0) is 14.8 Å². The first-order chi connectivity index (χ1) is 7.11. The Morgan fingerprint density at radius 3 is 2.73 bits per heavy atom. The minimum absolute atomic E-state index is 0.174. The molecule has 0 spiro atoms. The SMILES string of the molecule is CCCCS(=O)(=O)N1CCCCC1C=O. The van der Waals surface area contributed by atoms with Crippen molar-refractivity contribution in [1.82, 2.24) is 4.31 Å². The number of piperidine rings is 1. The van der Waals surface area contributed by atoms with E-state index in [0.29, 0.717) is 19.4 Å². The van der Waals surface area contributed by atoms with Gasteiger partial charge in [-0.2, -0.15) is 4.31 Å². The summed E-state index contributed by atoms with van der Waals surface area (Å²) in [5.41, 5.74) is 0. The molecular formula is C10H19NO3S. The molecular weight excluding hydrogens is 214 g/mol. The highest BCUT2D eigenvalue weighted by Crippen LogP contribution is 2.19. The van der Waals surface area contributed by atoms with Crippen LogP contribution in [0.3, 0.4) is 0 Å². The number of hydrogen-bond donors (Lipinski definition) is 0. The van der Waals surface area contributed by atoms with E-state index in [9.17, 15) is 13.2 Å². The van der Waals surface area contributed by atoms with Gasteiger partial charge in [0.25, 0.3) is 0 Å². The minimum atomic E-state index is -3.20. The summed E-state index contributed by atoms with van der Waals surface area (Å²) in [6.07, 6.45) is 4.79. The number of sulfonamides is 1. The van der Waals surface area contributed by atoms with Crippen LogP contribution < -0.4 is 0 Å². The van der Waals surface area contributed by atoms with Crippen LogP contribution in [0.25, 0.3) is 0 Å². The van der Waals surface area contributed by atoms with E-state index in [2.05, 4.69) is 0 Å². The average Bonchev–Trinajstić information content (AvgIpc) is 2.26. The second kappa shape index (κ2) is 5.61. The van der Waals surface area contributed by atoms with Crippen molar-refractivity contribution in [2.24, 2.45) is 0 Å². The molecule has 1 heterocycles. The van der Waals surface area contributed by atoms with Crippen molar-refractivity contribution in [3.8, 4) is 0 Å². The Kier molecular flexibility index (Phi) is 4.73. The quantitative estimate of drug-likeness (QED) is 0.670. The molecule has 0 saturated carbocycles. The second-order valence-electron chi connectivity index (χ2n) is 3.98. The lowest BCUT2D eigenvalue weighted by Gasteiger charge is -2.31. The van der Waals surface area contributed by atoms with Gasteiger partial charge in [-0.1, -0.05) is 19.8 Å². The molecule has 0 N–H and O–H groups in total. The molecule has 15 heavy (non-hydrogen) atoms. The number of carbonyl (C=O) groups is 1. The van der Waals surface area contributed by atoms with E-state index in [0.717, 1.165) is 25.5 Å². The summed E-state index contributed by atoms with van der Waals surface area (Å²) in [6.45, 7) is 2.47. The van der Waals surface area contributed by atoms with Gasteiger partial charge in [-0.3, -0.25) is 0 Å². The largest absolute Gasteiger partial charge is 0.302 e. The Labute approximate surface area is 91.7 Å². The van der Waals surface area contributed by atoms with Crippen molar-refractivity contribution in [2.75, 3.05) is 12.3 Å². The molecule has 1 aliphatic heterocycles. The maximum atomic E-state index is 11.9. The number of hydrogen-bond acceptors (Lipinski definition) is 3. The van der Waals surface area contributed by atoms with E-state index in [1.807, 2.05) is 6.92 Å². The van der Waals surface area contributed by atoms with E-state index in [4.69, 9.17) is 0 Å². The highest BCUT2D eigenvalue weighted by Gasteiger charge is 2.31. The summed E-state index contributed by atoms with van der Waals surface area (Å²) < 4.78 is 25.1. The molecule has 0 radical (unpaired) electrons. The van der Waals surface area contributed by atoms with Crippen LogP contribution in [0.15, 0.2) is 0 Å². The molecule has 1 saturated heterocycles. The van der Waals surface area contributed by atoms with Gasteiger partial charge in [0.2, 0.25) is 10.0 Å². The highest BCUT2D eigenvalue weighted by atomic mass is 32.2. The lowest BCUT2D eigenvalue weighted by atomic mass is 10.1. The van der Waals surface area contributed by atoms with E-state index in [1.165, 1.54) is 4.31 Å². The Morgan fingerprint density at radius 1 is 1.40 bits per heavy atom. The zero-order chi connectivity index (χ0) is 11.3. The summed E-state index contributed by atoms with van der Waals surface area (Å²) in [7, 11) is -3.20. The number of rotatable bonds is 5. The summed E-state index contributed by atoms with van der Waals surface area (Å²) >= 11 is 0. The molecule has 1 aliphatic rings. The summed E-state index contributed by atoms with van der Waals surface area (Å²) in [4.78, 5) is 10.8. The van der Waals surface area contributed by atoms with Gasteiger partial charge in [0.15, 0.2) is 0 Å². The maximum Gasteiger partial charge on any atom is 0.214 e. The zero-order valence-corrected chi connectivity index (χ0v) is 10.0. The molecule has 4 nitrogen and oxygen atoms in total. The molecule has 1 unspecified atom stereocenters. The highest BCUT2D eigenvalue weighted by molar-refractivity contribution is 7.89. The minimum Gasteiger partial charge on any atom is -0.302 e. The molecule has 1 atom stereocenters. The first-order valence-electron chi connectivity index (χ1n) is 5.56. The molecule has 0 bridgehead atoms. The summed E-state index contributed by atoms with van der Waals surface area (Å²) in [5, 5.41) is 0. The number of carbonyl (C=O) groups excluding carboxylic acids is 1. The van der Waals surface area contributed by atoms with E-state index in [-0.39, 0.29) is 5.75 Å². The summed E-state index contributed by atoms with van der Waals surface area (Å²) in [5.74, 6) is 0.174. The molecule has 0 amide bonds. The molecule has 1 rings (SSSR count). The molecule has 5 heteroatoms. The van der Waals surface area contributed by atoms with Gasteiger partial charge < -0.3 is 4.79 Å². The standard InChI is InChI=1S/C10H19NO3S/c1-2-3-8-15(13,14)11-7-5-4-6-10(11)9-12/h9-10H,2-8H2,1H3. The fraction of sp³-hybridized carbons (Fsp3) is 0.900. The Morgan fingerprint density at radius 2 is 2.13 bits per heavy atom. The Hall–Kier alpha value is -0.420. The van der Waals surface area contributed by atoms with Gasteiger partial charge in [-0.05, 0) is 19.3 Å². The predicted molar refractivity (Wildman–Crippen MR) is 59.1 cm³/mol. The molecule has 0 aromatic carbocycles. The van der Waals surface area contributed by atoms with Gasteiger partial charge in [0, 0.05) is 6.54 Å². The normalized spacial score (nSPS) is 23.9. The van der Waals surface area contributed by atoms with Gasteiger partial charge in [0.05, 0.1) is 11.8 Å². The molecule has 1 fully saturated rings. The third kappa shape index (κ3) is 3.28. The molecule has 0 aliphatic carbocycles. The van der Waals surface area contributed by atoms with E-state index < -0.39 is 16.1 Å². The van der Waals surface area contributed by atoms with Crippen molar-refractivity contribution in [3.63, 3.8) is 0 Å². The van der Waals surface area contributed by atoms with Crippen LogP contribution in [0.4, 0.5) is 0 Å². The molecule has 0 aromatic heterocycles. The molecule has 88 valence electrons. The van der Waals surface area contributed by atoms with Crippen LogP contribution in [0.5, 0.6) is 0 Å². The molecule has 0 aromatic rings. The van der Waals surface area contributed by atoms with Gasteiger partial charge in [0.1, 0.15) is 6.29 Å². The monoisotopic (exact) mass is 233 g/mol. The van der Waals surface area contributed by atoms with Crippen LogP contribution in [-0.4, -0.2) is 37.3 Å². The number of unbranched alkanes of at least 4 members (excludes halogenated alkanes) is 1. The van der Waals surface area contributed by atoms with Crippen molar-refractivity contribution in [1.29, 1.82) is 0 Å². The smallest absolute Gasteiger partial charge is 0.214 e. The van der Waals surface area contributed by atoms with Crippen molar-refractivity contribution in [2.45, 2.75) is 45.1 Å². The maximum absolute atomic E-state index is 11.9. The van der Waals surface area contributed by atoms with Crippen LogP contribution in [0.2, 0.25) is 0 Å².